The third-order valence-corrected chi connectivity index (χ3v) is 8.65. The van der Waals surface area contributed by atoms with Crippen molar-refractivity contribution in [3.05, 3.63) is 107 Å². The van der Waals surface area contributed by atoms with Crippen molar-refractivity contribution in [2.24, 2.45) is 0 Å². The van der Waals surface area contributed by atoms with Crippen LogP contribution in [0.1, 0.15) is 64.6 Å². The Kier molecular flexibility index (Phi) is 9.76. The van der Waals surface area contributed by atoms with Crippen molar-refractivity contribution in [1.29, 1.82) is 0 Å². The van der Waals surface area contributed by atoms with Gasteiger partial charge in [-0.25, -0.2) is 4.98 Å². The fraction of sp³-hybridized carbons (Fsp3) is 0.324. The molecule has 9 nitrogen and oxygen atoms in total. The van der Waals surface area contributed by atoms with E-state index in [-0.39, 0.29) is 29.4 Å². The first kappa shape index (κ1) is 33.8. The van der Waals surface area contributed by atoms with Crippen molar-refractivity contribution in [1.82, 2.24) is 29.0 Å². The smallest absolute Gasteiger partial charge is 0.350 e. The van der Waals surface area contributed by atoms with Crippen LogP contribution >= 0.6 is 0 Å². The highest BCUT2D eigenvalue weighted by Gasteiger charge is 2.34. The number of carbonyl (C=O) groups is 1. The Morgan fingerprint density at radius 3 is 2.61 bits per heavy atom. The molecule has 0 aliphatic carbocycles. The number of benzene rings is 2. The topological polar surface area (TPSA) is 82.7 Å². The predicted octanol–water partition coefficient (Wildman–Crippen LogP) is 6.97. The third kappa shape index (κ3) is 7.96. The molecule has 1 saturated heterocycles. The molecule has 1 fully saturated rings. The first-order chi connectivity index (χ1) is 23.4. The summed E-state index contributed by atoms with van der Waals surface area (Å²) in [5.74, 6) is 5.79. The molecule has 1 aliphatic heterocycles. The van der Waals surface area contributed by atoms with Crippen molar-refractivity contribution in [3.63, 3.8) is 0 Å². The number of aromatic nitrogens is 4. The minimum absolute atomic E-state index is 0.0802. The Hall–Kier alpha value is -5.12. The zero-order chi connectivity index (χ0) is 34.7. The van der Waals surface area contributed by atoms with E-state index >= 15 is 0 Å². The maximum atomic E-state index is 14.2. The zero-order valence-electron chi connectivity index (χ0n) is 28.0. The SMILES string of the molecule is Cc1ccc(C(=O)Nc2ccc(CN3CCCN(C)CC3)c(C(F)(F)F)c2)cc1C#Cc1cnc2c(Nc3cnn(C(C)C)c3)cccn12. The van der Waals surface area contributed by atoms with E-state index in [9.17, 15) is 18.0 Å². The molecule has 1 aliphatic rings. The molecule has 6 rings (SSSR count). The predicted molar refractivity (Wildman–Crippen MR) is 185 cm³/mol. The number of amides is 1. The Balaban J connectivity index is 1.19. The summed E-state index contributed by atoms with van der Waals surface area (Å²) in [5.41, 5.74) is 4.27. The second-order valence-corrected chi connectivity index (χ2v) is 12.7. The van der Waals surface area contributed by atoms with Crippen LogP contribution in [-0.4, -0.2) is 68.1 Å². The number of nitrogens with zero attached hydrogens (tertiary/aromatic N) is 6. The number of anilines is 3. The summed E-state index contributed by atoms with van der Waals surface area (Å²) in [7, 11) is 2.02. The normalized spacial score (nSPS) is 14.4. The van der Waals surface area contributed by atoms with Gasteiger partial charge in [0.2, 0.25) is 0 Å². The van der Waals surface area contributed by atoms with Gasteiger partial charge in [-0.05, 0) is 101 Å². The number of hydrogen-bond acceptors (Lipinski definition) is 6. The summed E-state index contributed by atoms with van der Waals surface area (Å²) in [4.78, 5) is 22.1. The van der Waals surface area contributed by atoms with Crippen LogP contribution in [0.5, 0.6) is 0 Å². The number of carbonyl (C=O) groups excluding carboxylic acids is 1. The molecule has 12 heteroatoms. The molecular weight excluding hydrogens is 629 g/mol. The van der Waals surface area contributed by atoms with Gasteiger partial charge < -0.3 is 15.5 Å². The van der Waals surface area contributed by atoms with Crippen LogP contribution in [0.4, 0.5) is 30.2 Å². The number of alkyl halides is 3. The van der Waals surface area contributed by atoms with E-state index in [1.54, 1.807) is 30.6 Å². The summed E-state index contributed by atoms with van der Waals surface area (Å²) in [6.07, 6.45) is 3.60. The molecule has 0 unspecified atom stereocenters. The van der Waals surface area contributed by atoms with Gasteiger partial charge >= 0.3 is 6.18 Å². The lowest BCUT2D eigenvalue weighted by Crippen LogP contribution is -2.29. The van der Waals surface area contributed by atoms with Crippen LogP contribution < -0.4 is 10.6 Å². The molecular formula is C37H39F3N8O. The lowest BCUT2D eigenvalue weighted by atomic mass is 10.0. The number of hydrogen-bond donors (Lipinski definition) is 2. The summed E-state index contributed by atoms with van der Waals surface area (Å²) in [6, 6.07) is 13.2. The molecule has 3 aromatic heterocycles. The second kappa shape index (κ2) is 14.2. The van der Waals surface area contributed by atoms with Crippen molar-refractivity contribution < 1.29 is 18.0 Å². The molecule has 0 bridgehead atoms. The zero-order valence-corrected chi connectivity index (χ0v) is 28.0. The van der Waals surface area contributed by atoms with Gasteiger partial charge in [-0.2, -0.15) is 18.3 Å². The van der Waals surface area contributed by atoms with Crippen molar-refractivity contribution in [3.8, 4) is 11.8 Å². The summed E-state index contributed by atoms with van der Waals surface area (Å²) >= 11 is 0. The number of nitrogens with one attached hydrogen (secondary N) is 2. The minimum atomic E-state index is -4.56. The summed E-state index contributed by atoms with van der Waals surface area (Å²) in [5, 5.41) is 10.4. The number of halogens is 3. The van der Waals surface area contributed by atoms with Crippen LogP contribution in [0.2, 0.25) is 0 Å². The highest BCUT2D eigenvalue weighted by molar-refractivity contribution is 6.04. The highest BCUT2D eigenvalue weighted by atomic mass is 19.4. The minimum Gasteiger partial charge on any atom is -0.350 e. The average molecular weight is 669 g/mol. The highest BCUT2D eigenvalue weighted by Crippen LogP contribution is 2.35. The standard InChI is InChI=1S/C37H39F3N8O/c1-25(2)48-24-31(21-42-48)43-34-7-5-16-47-32(22-41-35(34)47)13-11-27-19-28(9-8-26(27)3)36(49)44-30-12-10-29(33(20-30)37(38,39)40)23-46-15-6-14-45(4)17-18-46/h5,7-10,12,16,19-22,24-25,43H,6,14-15,17-18,23H2,1-4H3,(H,44,49). The first-order valence-electron chi connectivity index (χ1n) is 16.3. The van der Waals surface area contributed by atoms with Gasteiger partial charge in [0, 0.05) is 54.9 Å². The van der Waals surface area contributed by atoms with Crippen LogP contribution in [-0.2, 0) is 12.7 Å². The van der Waals surface area contributed by atoms with E-state index in [1.807, 2.05) is 52.5 Å². The quantitative estimate of drug-likeness (QED) is 0.182. The van der Waals surface area contributed by atoms with Gasteiger partial charge in [0.05, 0.1) is 29.3 Å². The van der Waals surface area contributed by atoms with E-state index in [0.717, 1.165) is 49.1 Å². The number of pyridine rings is 1. The number of aryl methyl sites for hydroxylation is 1. The number of imidazole rings is 1. The molecule has 0 saturated carbocycles. The molecule has 1 amide bonds. The number of rotatable bonds is 7. The Bertz CT molecular complexity index is 2030. The average Bonchev–Trinajstić information content (AvgIpc) is 3.66. The van der Waals surface area contributed by atoms with Gasteiger partial charge in [0.25, 0.3) is 5.91 Å². The van der Waals surface area contributed by atoms with E-state index in [1.165, 1.54) is 12.1 Å². The molecule has 0 atom stereocenters. The number of fused-ring (bicyclic) bond motifs is 1. The van der Waals surface area contributed by atoms with Gasteiger partial charge in [-0.1, -0.05) is 18.1 Å². The molecule has 0 spiro atoms. The van der Waals surface area contributed by atoms with Gasteiger partial charge in [-0.3, -0.25) is 18.8 Å². The lowest BCUT2D eigenvalue weighted by Gasteiger charge is -2.23. The maximum absolute atomic E-state index is 14.2. The molecule has 4 heterocycles. The van der Waals surface area contributed by atoms with Crippen LogP contribution in [0.15, 0.2) is 73.3 Å². The molecule has 49 heavy (non-hydrogen) atoms. The van der Waals surface area contributed by atoms with E-state index in [2.05, 4.69) is 51.3 Å². The van der Waals surface area contributed by atoms with Gasteiger partial charge in [0.15, 0.2) is 5.65 Å². The van der Waals surface area contributed by atoms with E-state index < -0.39 is 17.6 Å². The Morgan fingerprint density at radius 1 is 1.00 bits per heavy atom. The second-order valence-electron chi connectivity index (χ2n) is 12.7. The maximum Gasteiger partial charge on any atom is 0.416 e. The molecule has 254 valence electrons. The Morgan fingerprint density at radius 2 is 1.84 bits per heavy atom. The summed E-state index contributed by atoms with van der Waals surface area (Å²) in [6.45, 7) is 9.37. The molecule has 2 aromatic carbocycles. The van der Waals surface area contributed by atoms with Crippen molar-refractivity contribution in [2.45, 2.75) is 46.0 Å². The largest absolute Gasteiger partial charge is 0.416 e. The third-order valence-electron chi connectivity index (χ3n) is 8.65. The Labute approximate surface area is 283 Å². The van der Waals surface area contributed by atoms with Crippen LogP contribution in [0.25, 0.3) is 5.65 Å². The van der Waals surface area contributed by atoms with Crippen LogP contribution in [0.3, 0.4) is 0 Å². The fourth-order valence-electron chi connectivity index (χ4n) is 5.83. The van der Waals surface area contributed by atoms with Gasteiger partial charge in [-0.15, -0.1) is 0 Å². The monoisotopic (exact) mass is 668 g/mol. The van der Waals surface area contributed by atoms with Crippen molar-refractivity contribution >= 4 is 28.6 Å². The first-order valence-corrected chi connectivity index (χ1v) is 16.3. The molecule has 5 aromatic rings. The van der Waals surface area contributed by atoms with Crippen LogP contribution in [0, 0.1) is 18.8 Å². The number of likely N-dealkylation sites (N-methyl/N-ethyl adjacent to an activating group) is 1. The van der Waals surface area contributed by atoms with Gasteiger partial charge in [0.1, 0.15) is 5.69 Å². The fourth-order valence-corrected chi connectivity index (χ4v) is 5.83. The molecule has 2 N–H and O–H groups in total. The summed E-state index contributed by atoms with van der Waals surface area (Å²) < 4.78 is 46.2. The van der Waals surface area contributed by atoms with E-state index in [0.29, 0.717) is 23.4 Å². The van der Waals surface area contributed by atoms with Crippen molar-refractivity contribution in [2.75, 3.05) is 43.9 Å². The lowest BCUT2D eigenvalue weighted by molar-refractivity contribution is -0.138. The molecule has 0 radical (unpaired) electrons. The van der Waals surface area contributed by atoms with E-state index in [4.69, 9.17) is 0 Å².